The molecule has 2 aromatic heterocycles. The number of carbonyl (C=O) groups excluding carboxylic acids is 1. The number of hydrogen-bond donors (Lipinski definition) is 3. The Morgan fingerprint density at radius 1 is 1.28 bits per heavy atom. The first kappa shape index (κ1) is 18.8. The fourth-order valence-corrected chi connectivity index (χ4v) is 3.38. The molecule has 1 aliphatic rings. The van der Waals surface area contributed by atoms with E-state index in [1.54, 1.807) is 31.4 Å². The van der Waals surface area contributed by atoms with Crippen LogP contribution < -0.4 is 14.8 Å². The summed E-state index contributed by atoms with van der Waals surface area (Å²) >= 11 is 0. The monoisotopic (exact) mass is 396 g/mol. The van der Waals surface area contributed by atoms with Crippen molar-refractivity contribution < 1.29 is 28.9 Å². The number of aliphatic hydroxyl groups excluding tert-OH is 1. The average molecular weight is 396 g/mol. The minimum atomic E-state index is -1.00. The van der Waals surface area contributed by atoms with Gasteiger partial charge < -0.3 is 29.4 Å². The van der Waals surface area contributed by atoms with Crippen molar-refractivity contribution in [1.29, 1.82) is 0 Å². The molecule has 150 valence electrons. The maximum atomic E-state index is 12.6. The van der Waals surface area contributed by atoms with Gasteiger partial charge in [-0.15, -0.1) is 0 Å². The highest BCUT2D eigenvalue weighted by molar-refractivity contribution is 5.95. The first-order valence-corrected chi connectivity index (χ1v) is 9.05. The number of furan rings is 1. The van der Waals surface area contributed by atoms with E-state index in [1.165, 1.54) is 19.4 Å². The van der Waals surface area contributed by atoms with Crippen molar-refractivity contribution in [3.63, 3.8) is 0 Å². The van der Waals surface area contributed by atoms with Crippen LogP contribution in [-0.4, -0.2) is 40.4 Å². The van der Waals surface area contributed by atoms with Crippen LogP contribution in [0.15, 0.2) is 53.3 Å². The minimum Gasteiger partial charge on any atom is -0.503 e. The number of methoxy groups -OCH3 is 1. The number of nitrogens with one attached hydrogen (secondary N) is 1. The van der Waals surface area contributed by atoms with Crippen molar-refractivity contribution in [2.75, 3.05) is 7.11 Å². The highest BCUT2D eigenvalue weighted by Gasteiger charge is 2.37. The summed E-state index contributed by atoms with van der Waals surface area (Å²) in [6.45, 7) is 1.75. The molecule has 0 aliphatic carbocycles. The van der Waals surface area contributed by atoms with Gasteiger partial charge in [0.25, 0.3) is 5.91 Å². The molecule has 3 heterocycles. The molecule has 0 radical (unpaired) electrons. The second-order valence-corrected chi connectivity index (χ2v) is 6.71. The molecule has 0 saturated carbocycles. The third kappa shape index (κ3) is 3.38. The molecule has 0 fully saturated rings. The molecule has 8 heteroatoms. The Morgan fingerprint density at radius 3 is 2.83 bits per heavy atom. The summed E-state index contributed by atoms with van der Waals surface area (Å²) in [6, 6.07) is 9.68. The van der Waals surface area contributed by atoms with Gasteiger partial charge in [0.15, 0.2) is 17.2 Å². The van der Waals surface area contributed by atoms with Crippen LogP contribution in [-0.2, 0) is 0 Å². The highest BCUT2D eigenvalue weighted by atomic mass is 16.5. The Kier molecular flexibility index (Phi) is 4.85. The third-order valence-electron chi connectivity index (χ3n) is 4.92. The zero-order chi connectivity index (χ0) is 20.5. The van der Waals surface area contributed by atoms with Crippen LogP contribution in [0.1, 0.15) is 29.1 Å². The van der Waals surface area contributed by atoms with Gasteiger partial charge in [-0.1, -0.05) is 12.1 Å². The van der Waals surface area contributed by atoms with Gasteiger partial charge in [-0.2, -0.15) is 0 Å². The molecule has 29 heavy (non-hydrogen) atoms. The van der Waals surface area contributed by atoms with Crippen LogP contribution in [0.4, 0.5) is 0 Å². The number of nitrogens with zero attached hydrogens (tertiary/aromatic N) is 1. The first-order valence-electron chi connectivity index (χ1n) is 9.05. The van der Waals surface area contributed by atoms with Gasteiger partial charge in [-0.05, 0) is 25.1 Å². The lowest BCUT2D eigenvalue weighted by Gasteiger charge is -2.36. The minimum absolute atomic E-state index is 0.134. The van der Waals surface area contributed by atoms with E-state index in [4.69, 9.17) is 13.9 Å². The molecule has 1 amide bonds. The van der Waals surface area contributed by atoms with Gasteiger partial charge in [-0.25, -0.2) is 4.98 Å². The number of aromatic nitrogens is 1. The normalized spacial score (nSPS) is 20.4. The number of carbonyl (C=O) groups is 1. The van der Waals surface area contributed by atoms with Crippen molar-refractivity contribution in [2.45, 2.75) is 25.2 Å². The molecule has 8 nitrogen and oxygen atoms in total. The Hall–Kier alpha value is -3.52. The summed E-state index contributed by atoms with van der Waals surface area (Å²) < 4.78 is 16.3. The van der Waals surface area contributed by atoms with Crippen LogP contribution >= 0.6 is 0 Å². The second-order valence-electron chi connectivity index (χ2n) is 6.71. The predicted octanol–water partition coefficient (Wildman–Crippen LogP) is 2.67. The largest absolute Gasteiger partial charge is 0.503 e. The number of amides is 1. The van der Waals surface area contributed by atoms with Crippen LogP contribution in [0.25, 0.3) is 11.3 Å². The molecule has 4 rings (SSSR count). The van der Waals surface area contributed by atoms with Gasteiger partial charge in [0.2, 0.25) is 0 Å². The first-order chi connectivity index (χ1) is 14.0. The zero-order valence-electron chi connectivity index (χ0n) is 15.8. The number of aliphatic hydroxyl groups is 1. The molecular weight excluding hydrogens is 376 g/mol. The molecule has 1 aromatic carbocycles. The van der Waals surface area contributed by atoms with E-state index in [1.807, 2.05) is 12.1 Å². The smallest absolute Gasteiger partial charge is 0.274 e. The van der Waals surface area contributed by atoms with Gasteiger partial charge in [0.1, 0.15) is 23.7 Å². The summed E-state index contributed by atoms with van der Waals surface area (Å²) in [7, 11) is 1.38. The Morgan fingerprint density at radius 2 is 2.10 bits per heavy atom. The van der Waals surface area contributed by atoms with E-state index in [2.05, 4.69) is 10.3 Å². The van der Waals surface area contributed by atoms with Crippen molar-refractivity contribution >= 4 is 5.91 Å². The predicted molar refractivity (Wildman–Crippen MR) is 103 cm³/mol. The maximum Gasteiger partial charge on any atom is 0.274 e. The fourth-order valence-electron chi connectivity index (χ4n) is 3.38. The van der Waals surface area contributed by atoms with Crippen molar-refractivity contribution in [3.8, 4) is 28.6 Å². The molecule has 3 N–H and O–H groups in total. The molecule has 1 aliphatic heterocycles. The number of ether oxygens (including phenoxy) is 2. The number of fused-ring (bicyclic) bond motifs is 1. The SMILES string of the molecule is COc1ccnc(C(=O)NC2C(C)Oc3cc(-c4ccco4)ccc3C2O)c1O. The van der Waals surface area contributed by atoms with Gasteiger partial charge in [0.05, 0.1) is 19.4 Å². The number of benzene rings is 1. The second kappa shape index (κ2) is 7.48. The fraction of sp³-hybridized carbons (Fsp3) is 0.238. The average Bonchev–Trinajstić information content (AvgIpc) is 3.25. The van der Waals surface area contributed by atoms with Crippen LogP contribution in [0.2, 0.25) is 0 Å². The molecule has 3 aromatic rings. The number of rotatable bonds is 4. The van der Waals surface area contributed by atoms with E-state index in [-0.39, 0.29) is 17.2 Å². The summed E-state index contributed by atoms with van der Waals surface area (Å²) in [5.41, 5.74) is 1.18. The Balaban J connectivity index is 1.58. The number of hydrogen-bond acceptors (Lipinski definition) is 7. The van der Waals surface area contributed by atoms with Gasteiger partial charge in [0, 0.05) is 23.4 Å². The van der Waals surface area contributed by atoms with Crippen LogP contribution in [0.5, 0.6) is 17.2 Å². The Labute approximate surface area is 166 Å². The van der Waals surface area contributed by atoms with Crippen molar-refractivity contribution in [3.05, 3.63) is 60.1 Å². The Bertz CT molecular complexity index is 1030. The van der Waals surface area contributed by atoms with E-state index >= 15 is 0 Å². The van der Waals surface area contributed by atoms with Crippen molar-refractivity contribution in [1.82, 2.24) is 10.3 Å². The summed E-state index contributed by atoms with van der Waals surface area (Å²) in [4.78, 5) is 16.6. The van der Waals surface area contributed by atoms with Gasteiger partial charge in [-0.3, -0.25) is 4.79 Å². The van der Waals surface area contributed by atoms with E-state index < -0.39 is 24.2 Å². The van der Waals surface area contributed by atoms with Crippen LogP contribution in [0, 0.1) is 0 Å². The van der Waals surface area contributed by atoms with E-state index in [0.29, 0.717) is 17.1 Å². The number of pyridine rings is 1. The molecule has 3 unspecified atom stereocenters. The van der Waals surface area contributed by atoms with E-state index in [9.17, 15) is 15.0 Å². The van der Waals surface area contributed by atoms with Gasteiger partial charge >= 0.3 is 0 Å². The zero-order valence-corrected chi connectivity index (χ0v) is 15.8. The maximum absolute atomic E-state index is 12.6. The molecular formula is C21H20N2O6. The molecule has 0 spiro atoms. The van der Waals surface area contributed by atoms with E-state index in [0.717, 1.165) is 5.56 Å². The molecule has 0 bridgehead atoms. The third-order valence-corrected chi connectivity index (χ3v) is 4.92. The van der Waals surface area contributed by atoms with Crippen LogP contribution in [0.3, 0.4) is 0 Å². The quantitative estimate of drug-likeness (QED) is 0.621. The standard InChI is InChI=1S/C21H20N2O6/c1-11-17(23-21(26)18-20(25)15(27-2)7-8-22-18)19(24)13-6-5-12(10-16(13)29-11)14-4-3-9-28-14/h3-11,17,19,24-25H,1-2H3,(H,23,26). The lowest BCUT2D eigenvalue weighted by atomic mass is 9.93. The molecule has 3 atom stereocenters. The topological polar surface area (TPSA) is 114 Å². The highest BCUT2D eigenvalue weighted by Crippen LogP contribution is 2.38. The summed E-state index contributed by atoms with van der Waals surface area (Å²) in [6.07, 6.45) is 1.41. The summed E-state index contributed by atoms with van der Waals surface area (Å²) in [5.74, 6) is 0.334. The summed E-state index contributed by atoms with van der Waals surface area (Å²) in [5, 5.41) is 23.7. The lowest BCUT2D eigenvalue weighted by molar-refractivity contribution is 0.0304. The lowest BCUT2D eigenvalue weighted by Crippen LogP contribution is -2.50. The van der Waals surface area contributed by atoms with Crippen molar-refractivity contribution in [2.24, 2.45) is 0 Å². The molecule has 0 saturated heterocycles. The number of aromatic hydroxyl groups is 1.